The zero-order valence-electron chi connectivity index (χ0n) is 5.22. The number of esters is 1. The number of carbonyl (C=O) groups is 1. The summed E-state index contributed by atoms with van der Waals surface area (Å²) in [6.45, 7) is 0. The SMILES string of the molecule is O=C1CCC(CC[Si])O1. The van der Waals surface area contributed by atoms with Crippen molar-refractivity contribution in [1.29, 1.82) is 0 Å². The highest BCUT2D eigenvalue weighted by Crippen LogP contribution is 2.17. The van der Waals surface area contributed by atoms with Crippen LogP contribution < -0.4 is 0 Å². The average molecular weight is 141 g/mol. The van der Waals surface area contributed by atoms with Gasteiger partial charge < -0.3 is 4.74 Å². The number of carbonyl (C=O) groups excluding carboxylic acids is 1. The van der Waals surface area contributed by atoms with Crippen molar-refractivity contribution in [3.05, 3.63) is 0 Å². The number of rotatable bonds is 2. The fourth-order valence-corrected chi connectivity index (χ4v) is 1.27. The standard InChI is InChI=1S/C6H9O2Si/c7-6-2-1-5(8-6)3-4-9/h5H,1-4H2. The van der Waals surface area contributed by atoms with E-state index in [9.17, 15) is 4.79 Å². The van der Waals surface area contributed by atoms with Crippen LogP contribution in [0.15, 0.2) is 0 Å². The van der Waals surface area contributed by atoms with E-state index in [1.54, 1.807) is 0 Å². The summed E-state index contributed by atoms with van der Waals surface area (Å²) in [5, 5.41) is 0. The van der Waals surface area contributed by atoms with Crippen LogP contribution in [0.5, 0.6) is 0 Å². The monoisotopic (exact) mass is 141 g/mol. The highest BCUT2D eigenvalue weighted by Gasteiger charge is 2.21. The summed E-state index contributed by atoms with van der Waals surface area (Å²) in [5.74, 6) is -0.0416. The van der Waals surface area contributed by atoms with Crippen LogP contribution in [0, 0.1) is 0 Å². The Labute approximate surface area is 58.0 Å². The molecule has 1 unspecified atom stereocenters. The van der Waals surface area contributed by atoms with Crippen LogP contribution in [0.25, 0.3) is 0 Å². The lowest BCUT2D eigenvalue weighted by Crippen LogP contribution is -2.05. The van der Waals surface area contributed by atoms with Crippen LogP contribution in [0.4, 0.5) is 0 Å². The van der Waals surface area contributed by atoms with E-state index in [0.29, 0.717) is 6.42 Å². The molecule has 0 saturated carbocycles. The maximum Gasteiger partial charge on any atom is 0.306 e. The van der Waals surface area contributed by atoms with Crippen molar-refractivity contribution in [3.63, 3.8) is 0 Å². The fourth-order valence-electron chi connectivity index (χ4n) is 0.947. The maximum atomic E-state index is 10.5. The predicted octanol–water partition coefficient (Wildman–Crippen LogP) is 0.669. The summed E-state index contributed by atoms with van der Waals surface area (Å²) < 4.78 is 4.93. The van der Waals surface area contributed by atoms with E-state index in [1.165, 1.54) is 0 Å². The lowest BCUT2D eigenvalue weighted by molar-refractivity contribution is -0.141. The van der Waals surface area contributed by atoms with Crippen molar-refractivity contribution in [3.8, 4) is 0 Å². The van der Waals surface area contributed by atoms with Crippen molar-refractivity contribution in [1.82, 2.24) is 0 Å². The summed E-state index contributed by atoms with van der Waals surface area (Å²) >= 11 is 0. The van der Waals surface area contributed by atoms with Gasteiger partial charge in [0.15, 0.2) is 0 Å². The first-order valence-electron chi connectivity index (χ1n) is 3.17. The highest BCUT2D eigenvalue weighted by atomic mass is 28.1. The van der Waals surface area contributed by atoms with Crippen LogP contribution in [0.3, 0.4) is 0 Å². The summed E-state index contributed by atoms with van der Waals surface area (Å²) in [5.41, 5.74) is 0. The molecule has 0 N–H and O–H groups in total. The minimum Gasteiger partial charge on any atom is -0.462 e. The molecule has 0 aromatic heterocycles. The third-order valence-corrected chi connectivity index (χ3v) is 1.72. The van der Waals surface area contributed by atoms with Crippen molar-refractivity contribution < 1.29 is 9.53 Å². The van der Waals surface area contributed by atoms with Gasteiger partial charge in [0, 0.05) is 16.7 Å². The molecule has 1 heterocycles. The number of cyclic esters (lactones) is 1. The van der Waals surface area contributed by atoms with Crippen LogP contribution in [-0.2, 0) is 9.53 Å². The molecular weight excluding hydrogens is 132 g/mol. The number of hydrogen-bond donors (Lipinski definition) is 0. The molecule has 2 nitrogen and oxygen atoms in total. The first-order valence-corrected chi connectivity index (χ1v) is 3.87. The minimum absolute atomic E-state index is 0.0416. The van der Waals surface area contributed by atoms with Crippen molar-refractivity contribution >= 4 is 16.2 Å². The van der Waals surface area contributed by atoms with Crippen LogP contribution >= 0.6 is 0 Å². The van der Waals surface area contributed by atoms with Gasteiger partial charge in [0.1, 0.15) is 6.10 Å². The van der Waals surface area contributed by atoms with Gasteiger partial charge in [-0.2, -0.15) is 0 Å². The normalized spacial score (nSPS) is 26.3. The molecule has 1 aliphatic heterocycles. The van der Waals surface area contributed by atoms with E-state index in [0.717, 1.165) is 18.9 Å². The lowest BCUT2D eigenvalue weighted by atomic mass is 10.2. The molecular formula is C6H9O2Si. The van der Waals surface area contributed by atoms with Gasteiger partial charge in [-0.05, 0) is 12.8 Å². The Kier molecular flexibility index (Phi) is 2.27. The average Bonchev–Trinajstić information content (AvgIpc) is 2.17. The Hall–Kier alpha value is -0.313. The summed E-state index contributed by atoms with van der Waals surface area (Å²) in [7, 11) is 3.33. The van der Waals surface area contributed by atoms with Gasteiger partial charge in [-0.25, -0.2) is 0 Å². The lowest BCUT2D eigenvalue weighted by Gasteiger charge is -2.04. The Balaban J connectivity index is 2.22. The molecule has 3 radical (unpaired) electrons. The fraction of sp³-hybridized carbons (Fsp3) is 0.833. The smallest absolute Gasteiger partial charge is 0.306 e. The second kappa shape index (κ2) is 3.01. The van der Waals surface area contributed by atoms with E-state index >= 15 is 0 Å². The molecule has 1 rings (SSSR count). The molecule has 49 valence electrons. The Bertz CT molecular complexity index is 114. The number of hydrogen-bond acceptors (Lipinski definition) is 2. The summed E-state index contributed by atoms with van der Waals surface area (Å²) in [6.07, 6.45) is 2.65. The van der Waals surface area contributed by atoms with Crippen LogP contribution in [0.1, 0.15) is 19.3 Å². The first kappa shape index (κ1) is 6.80. The zero-order valence-corrected chi connectivity index (χ0v) is 6.22. The molecule has 0 spiro atoms. The molecule has 9 heavy (non-hydrogen) atoms. The maximum absolute atomic E-state index is 10.5. The van der Waals surface area contributed by atoms with E-state index < -0.39 is 0 Å². The van der Waals surface area contributed by atoms with Gasteiger partial charge in [0.25, 0.3) is 0 Å². The van der Waals surface area contributed by atoms with E-state index in [2.05, 4.69) is 10.2 Å². The molecule has 1 aliphatic rings. The second-order valence-electron chi connectivity index (χ2n) is 2.19. The second-order valence-corrected chi connectivity index (χ2v) is 2.69. The number of ether oxygens (including phenoxy) is 1. The minimum atomic E-state index is -0.0416. The Morgan fingerprint density at radius 1 is 1.78 bits per heavy atom. The molecule has 0 bridgehead atoms. The molecule has 1 fully saturated rings. The first-order chi connectivity index (χ1) is 4.33. The van der Waals surface area contributed by atoms with Crippen molar-refractivity contribution in [2.75, 3.05) is 0 Å². The van der Waals surface area contributed by atoms with Crippen molar-refractivity contribution in [2.45, 2.75) is 31.4 Å². The molecule has 0 aromatic carbocycles. The van der Waals surface area contributed by atoms with Gasteiger partial charge in [-0.1, -0.05) is 6.04 Å². The largest absolute Gasteiger partial charge is 0.462 e. The van der Waals surface area contributed by atoms with Crippen molar-refractivity contribution in [2.24, 2.45) is 0 Å². The van der Waals surface area contributed by atoms with Gasteiger partial charge in [-0.15, -0.1) is 0 Å². The summed E-state index contributed by atoms with van der Waals surface area (Å²) in [6, 6.07) is 0.915. The molecule has 0 aromatic rings. The van der Waals surface area contributed by atoms with Gasteiger partial charge in [0.2, 0.25) is 0 Å². The van der Waals surface area contributed by atoms with E-state index in [4.69, 9.17) is 4.74 Å². The predicted molar refractivity (Wildman–Crippen MR) is 34.3 cm³/mol. The Morgan fingerprint density at radius 2 is 2.56 bits per heavy atom. The molecule has 1 atom stereocenters. The molecule has 1 saturated heterocycles. The van der Waals surface area contributed by atoms with Crippen LogP contribution in [0.2, 0.25) is 6.04 Å². The molecule has 3 heteroatoms. The van der Waals surface area contributed by atoms with Gasteiger partial charge in [-0.3, -0.25) is 4.79 Å². The topological polar surface area (TPSA) is 26.3 Å². The zero-order chi connectivity index (χ0) is 6.69. The van der Waals surface area contributed by atoms with E-state index in [1.807, 2.05) is 0 Å². The molecule has 0 aliphatic carbocycles. The summed E-state index contributed by atoms with van der Waals surface area (Å²) in [4.78, 5) is 10.5. The van der Waals surface area contributed by atoms with E-state index in [-0.39, 0.29) is 12.1 Å². The van der Waals surface area contributed by atoms with Crippen LogP contribution in [-0.4, -0.2) is 22.3 Å². The third-order valence-electron chi connectivity index (χ3n) is 1.43. The quantitative estimate of drug-likeness (QED) is 0.417. The Morgan fingerprint density at radius 3 is 3.00 bits per heavy atom. The third kappa shape index (κ3) is 1.82. The highest BCUT2D eigenvalue weighted by molar-refractivity contribution is 6.08. The van der Waals surface area contributed by atoms with Gasteiger partial charge in [0.05, 0.1) is 0 Å². The van der Waals surface area contributed by atoms with Gasteiger partial charge >= 0.3 is 5.97 Å². The molecule has 0 amide bonds.